The van der Waals surface area contributed by atoms with Crippen molar-refractivity contribution in [1.29, 1.82) is 0 Å². The van der Waals surface area contributed by atoms with Gasteiger partial charge in [-0.2, -0.15) is 0 Å². The number of ether oxygens (including phenoxy) is 1. The minimum absolute atomic E-state index is 0.138. The Kier molecular flexibility index (Phi) is 4.23. The van der Waals surface area contributed by atoms with Crippen molar-refractivity contribution >= 4 is 18.8 Å². The van der Waals surface area contributed by atoms with Gasteiger partial charge in [0.15, 0.2) is 5.65 Å². The second kappa shape index (κ2) is 5.72. The summed E-state index contributed by atoms with van der Waals surface area (Å²) >= 11 is 0. The quantitative estimate of drug-likeness (QED) is 0.517. The summed E-state index contributed by atoms with van der Waals surface area (Å²) in [7, 11) is -4.26. The second-order valence-electron chi connectivity index (χ2n) is 3.90. The second-order valence-corrected chi connectivity index (χ2v) is 5.48. The average Bonchev–Trinajstić information content (AvgIpc) is 2.80. The van der Waals surface area contributed by atoms with Gasteiger partial charge in [-0.25, -0.2) is 15.0 Å². The van der Waals surface area contributed by atoms with Crippen molar-refractivity contribution in [2.45, 2.75) is 12.5 Å². The van der Waals surface area contributed by atoms with Crippen molar-refractivity contribution in [2.75, 3.05) is 13.0 Å². The Morgan fingerprint density at radius 1 is 1.42 bits per heavy atom. The van der Waals surface area contributed by atoms with Gasteiger partial charge in [-0.3, -0.25) is 4.57 Å². The number of H-pyrrole nitrogens is 1. The van der Waals surface area contributed by atoms with E-state index in [1.54, 1.807) is 6.20 Å². The molecule has 0 fully saturated rings. The molecule has 0 amide bonds. The summed E-state index contributed by atoms with van der Waals surface area (Å²) in [5.74, 6) is 0.379. The van der Waals surface area contributed by atoms with Crippen LogP contribution in [0, 0.1) is 0 Å². The number of aliphatic hydroxyl groups is 1. The van der Waals surface area contributed by atoms with E-state index in [1.807, 2.05) is 0 Å². The summed E-state index contributed by atoms with van der Waals surface area (Å²) in [6, 6.07) is 0. The lowest BCUT2D eigenvalue weighted by molar-refractivity contribution is 0.0296. The Labute approximate surface area is 107 Å². The molecule has 0 aliphatic heterocycles. The lowest BCUT2D eigenvalue weighted by Crippen LogP contribution is -2.22. The third-order valence-corrected chi connectivity index (χ3v) is 2.80. The summed E-state index contributed by atoms with van der Waals surface area (Å²) in [4.78, 5) is 32.4. The van der Waals surface area contributed by atoms with E-state index in [1.165, 1.54) is 6.33 Å². The lowest BCUT2D eigenvalue weighted by atomic mass is 10.2. The zero-order valence-electron chi connectivity index (χ0n) is 9.80. The van der Waals surface area contributed by atoms with Gasteiger partial charge in [0, 0.05) is 6.42 Å². The Morgan fingerprint density at radius 3 is 2.89 bits per heavy atom. The standard InChI is InChI=1S/C9H13N4O5P/c14-3-6(18-5-19(15,16)17)1-8-10-2-7-9(13-8)12-4-11-7/h2,4,6,14H,1,3,5H2,(H2,15,16,17)(H,10,11,12,13). The summed E-state index contributed by atoms with van der Waals surface area (Å²) in [6.45, 7) is -0.387. The Balaban J connectivity index is 2.02. The van der Waals surface area contributed by atoms with E-state index in [-0.39, 0.29) is 13.0 Å². The largest absolute Gasteiger partial charge is 0.394 e. The summed E-state index contributed by atoms with van der Waals surface area (Å²) in [5.41, 5.74) is 1.16. The number of nitrogens with one attached hydrogen (secondary N) is 1. The fourth-order valence-electron chi connectivity index (χ4n) is 1.45. The van der Waals surface area contributed by atoms with Crippen molar-refractivity contribution in [3.8, 4) is 0 Å². The van der Waals surface area contributed by atoms with E-state index in [4.69, 9.17) is 19.6 Å². The number of imidazole rings is 1. The fourth-order valence-corrected chi connectivity index (χ4v) is 1.86. The van der Waals surface area contributed by atoms with Crippen LogP contribution in [0.2, 0.25) is 0 Å². The van der Waals surface area contributed by atoms with Crippen LogP contribution in [0.1, 0.15) is 5.82 Å². The van der Waals surface area contributed by atoms with E-state index in [2.05, 4.69) is 19.9 Å². The molecule has 0 saturated carbocycles. The zero-order valence-corrected chi connectivity index (χ0v) is 10.7. The third-order valence-electron chi connectivity index (χ3n) is 2.32. The Hall–Kier alpha value is -1.38. The predicted octanol–water partition coefficient (Wildman–Crippen LogP) is -0.592. The number of aliphatic hydroxyl groups excluding tert-OH is 1. The highest BCUT2D eigenvalue weighted by Gasteiger charge is 2.19. The predicted molar refractivity (Wildman–Crippen MR) is 64.3 cm³/mol. The molecule has 2 rings (SSSR count). The first-order valence-corrected chi connectivity index (χ1v) is 7.20. The maximum absolute atomic E-state index is 10.7. The molecular weight excluding hydrogens is 275 g/mol. The number of nitrogens with zero attached hydrogens (tertiary/aromatic N) is 3. The highest BCUT2D eigenvalue weighted by Crippen LogP contribution is 2.34. The van der Waals surface area contributed by atoms with Crippen molar-refractivity contribution < 1.29 is 24.2 Å². The van der Waals surface area contributed by atoms with E-state index < -0.39 is 20.0 Å². The molecule has 2 aromatic rings. The minimum atomic E-state index is -4.26. The molecule has 1 atom stereocenters. The zero-order chi connectivity index (χ0) is 13.9. The molecule has 0 radical (unpaired) electrons. The first-order valence-electron chi connectivity index (χ1n) is 5.40. The van der Waals surface area contributed by atoms with Gasteiger partial charge < -0.3 is 24.6 Å². The van der Waals surface area contributed by atoms with E-state index in [9.17, 15) is 4.57 Å². The van der Waals surface area contributed by atoms with E-state index in [0.29, 0.717) is 17.0 Å². The summed E-state index contributed by atoms with van der Waals surface area (Å²) < 4.78 is 15.6. The van der Waals surface area contributed by atoms with Crippen LogP contribution in [-0.4, -0.2) is 53.9 Å². The first-order chi connectivity index (χ1) is 8.98. The molecule has 0 aliphatic carbocycles. The summed E-state index contributed by atoms with van der Waals surface area (Å²) in [6.07, 6.45) is 1.64. The number of aromatic amines is 1. The SMILES string of the molecule is O=P(O)(O)COC(CO)Cc1ncc2[nH]cnc2n1. The number of hydrogen-bond donors (Lipinski definition) is 4. The Morgan fingerprint density at radius 2 is 2.21 bits per heavy atom. The van der Waals surface area contributed by atoms with Gasteiger partial charge in [-0.15, -0.1) is 0 Å². The van der Waals surface area contributed by atoms with Crippen molar-refractivity contribution in [3.05, 3.63) is 18.3 Å². The van der Waals surface area contributed by atoms with Crippen LogP contribution in [0.25, 0.3) is 11.2 Å². The van der Waals surface area contributed by atoms with E-state index in [0.717, 1.165) is 0 Å². The fraction of sp³-hybridized carbons (Fsp3) is 0.444. The molecule has 4 N–H and O–H groups in total. The molecule has 9 nitrogen and oxygen atoms in total. The molecule has 0 aliphatic rings. The number of fused-ring (bicyclic) bond motifs is 1. The van der Waals surface area contributed by atoms with Crippen molar-refractivity contribution in [1.82, 2.24) is 19.9 Å². The van der Waals surface area contributed by atoms with Crippen LogP contribution in [0.15, 0.2) is 12.5 Å². The smallest absolute Gasteiger partial charge is 0.350 e. The molecule has 2 aromatic heterocycles. The Bertz CT molecular complexity index is 597. The van der Waals surface area contributed by atoms with Gasteiger partial charge in [0.05, 0.1) is 25.2 Å². The number of aromatic nitrogens is 4. The third kappa shape index (κ3) is 4.05. The molecule has 19 heavy (non-hydrogen) atoms. The molecule has 0 bridgehead atoms. The minimum Gasteiger partial charge on any atom is -0.394 e. The van der Waals surface area contributed by atoms with E-state index >= 15 is 0 Å². The van der Waals surface area contributed by atoms with Crippen LogP contribution in [0.5, 0.6) is 0 Å². The molecule has 2 heterocycles. The molecule has 0 saturated heterocycles. The highest BCUT2D eigenvalue weighted by atomic mass is 31.2. The average molecular weight is 288 g/mol. The van der Waals surface area contributed by atoms with Gasteiger partial charge in [0.1, 0.15) is 17.7 Å². The maximum Gasteiger partial charge on any atom is 0.350 e. The van der Waals surface area contributed by atoms with Crippen LogP contribution in [-0.2, 0) is 15.7 Å². The molecule has 0 spiro atoms. The van der Waals surface area contributed by atoms with Gasteiger partial charge in [-0.1, -0.05) is 0 Å². The van der Waals surface area contributed by atoms with Crippen LogP contribution in [0.3, 0.4) is 0 Å². The maximum atomic E-state index is 10.7. The van der Waals surface area contributed by atoms with Crippen LogP contribution in [0.4, 0.5) is 0 Å². The molecular formula is C9H13N4O5P. The first kappa shape index (κ1) is 14.0. The number of hydrogen-bond acceptors (Lipinski definition) is 6. The van der Waals surface area contributed by atoms with Gasteiger partial charge in [-0.05, 0) is 0 Å². The van der Waals surface area contributed by atoms with Crippen molar-refractivity contribution in [2.24, 2.45) is 0 Å². The lowest BCUT2D eigenvalue weighted by Gasteiger charge is -2.14. The molecule has 104 valence electrons. The van der Waals surface area contributed by atoms with Crippen LogP contribution < -0.4 is 0 Å². The van der Waals surface area contributed by atoms with Gasteiger partial charge in [0.2, 0.25) is 0 Å². The molecule has 10 heteroatoms. The van der Waals surface area contributed by atoms with Crippen molar-refractivity contribution in [3.63, 3.8) is 0 Å². The highest BCUT2D eigenvalue weighted by molar-refractivity contribution is 7.51. The topological polar surface area (TPSA) is 141 Å². The van der Waals surface area contributed by atoms with Gasteiger partial charge >= 0.3 is 7.60 Å². The van der Waals surface area contributed by atoms with Gasteiger partial charge in [0.25, 0.3) is 0 Å². The molecule has 1 unspecified atom stereocenters. The van der Waals surface area contributed by atoms with Crippen LogP contribution >= 0.6 is 7.60 Å². The summed E-state index contributed by atoms with van der Waals surface area (Å²) in [5, 5.41) is 9.10. The monoisotopic (exact) mass is 288 g/mol. The molecule has 0 aromatic carbocycles. The number of rotatable bonds is 6. The normalized spacial score (nSPS) is 13.8.